The van der Waals surface area contributed by atoms with Crippen molar-refractivity contribution in [1.82, 2.24) is 4.98 Å². The van der Waals surface area contributed by atoms with E-state index in [-0.39, 0.29) is 23.6 Å². The molecule has 23 heavy (non-hydrogen) atoms. The molecule has 0 saturated heterocycles. The third-order valence-electron chi connectivity index (χ3n) is 3.56. The lowest BCUT2D eigenvalue weighted by Gasteiger charge is -2.09. The summed E-state index contributed by atoms with van der Waals surface area (Å²) in [6, 6.07) is 13.0. The van der Waals surface area contributed by atoms with Crippen molar-refractivity contribution in [3.05, 3.63) is 71.5 Å². The lowest BCUT2D eigenvalue weighted by atomic mass is 9.98. The summed E-state index contributed by atoms with van der Waals surface area (Å²) in [6.45, 7) is 0. The second kappa shape index (κ2) is 5.88. The second-order valence-corrected chi connectivity index (χ2v) is 5.12. The summed E-state index contributed by atoms with van der Waals surface area (Å²) in [5, 5.41) is 19.6. The average Bonchev–Trinajstić information content (AvgIpc) is 2.55. The van der Waals surface area contributed by atoms with Gasteiger partial charge < -0.3 is 10.2 Å². The van der Waals surface area contributed by atoms with Gasteiger partial charge in [-0.25, -0.2) is 0 Å². The molecule has 3 rings (SSSR count). The molecule has 0 spiro atoms. The largest absolute Gasteiger partial charge is 0.508 e. The molecule has 0 aliphatic carbocycles. The number of pyridine rings is 1. The van der Waals surface area contributed by atoms with Crippen LogP contribution in [0.25, 0.3) is 10.8 Å². The van der Waals surface area contributed by atoms with Crippen molar-refractivity contribution >= 4 is 22.5 Å². The van der Waals surface area contributed by atoms with Gasteiger partial charge >= 0.3 is 5.97 Å². The lowest BCUT2D eigenvalue weighted by Crippen LogP contribution is -2.08. The number of carbonyl (C=O) groups excluding carboxylic acids is 1. The fourth-order valence-electron chi connectivity index (χ4n) is 2.49. The number of rotatable bonds is 4. The number of hydrogen-bond donors (Lipinski definition) is 2. The third-order valence-corrected chi connectivity index (χ3v) is 3.56. The first-order valence-corrected chi connectivity index (χ1v) is 6.98. The molecule has 0 bridgehead atoms. The summed E-state index contributed by atoms with van der Waals surface area (Å²) in [4.78, 5) is 27.8. The molecule has 5 heteroatoms. The molecule has 2 N–H and O–H groups in total. The molecule has 114 valence electrons. The molecule has 2 aromatic carbocycles. The maximum absolute atomic E-state index is 12.6. The van der Waals surface area contributed by atoms with Gasteiger partial charge in [0.1, 0.15) is 11.4 Å². The fourth-order valence-corrected chi connectivity index (χ4v) is 2.49. The van der Waals surface area contributed by atoms with Crippen molar-refractivity contribution in [2.45, 2.75) is 6.42 Å². The molecule has 0 amide bonds. The van der Waals surface area contributed by atoms with Crippen LogP contribution in [-0.4, -0.2) is 26.9 Å². The third kappa shape index (κ3) is 2.89. The Balaban J connectivity index is 2.13. The number of aromatic nitrogens is 1. The van der Waals surface area contributed by atoms with Crippen LogP contribution in [-0.2, 0) is 11.2 Å². The highest BCUT2D eigenvalue weighted by atomic mass is 16.4. The molecule has 5 nitrogen and oxygen atoms in total. The van der Waals surface area contributed by atoms with E-state index in [1.807, 2.05) is 0 Å². The molecule has 0 aliphatic heterocycles. The molecule has 1 heterocycles. The van der Waals surface area contributed by atoms with Crippen LogP contribution in [0.4, 0.5) is 0 Å². The normalized spacial score (nSPS) is 10.6. The van der Waals surface area contributed by atoms with Crippen molar-refractivity contribution in [3.63, 3.8) is 0 Å². The highest BCUT2D eigenvalue weighted by Crippen LogP contribution is 2.24. The molecule has 0 unspecified atom stereocenters. The Kier molecular flexibility index (Phi) is 3.76. The minimum atomic E-state index is -0.949. The van der Waals surface area contributed by atoms with Gasteiger partial charge in [0.2, 0.25) is 5.78 Å². The van der Waals surface area contributed by atoms with Gasteiger partial charge in [-0.05, 0) is 35.2 Å². The van der Waals surface area contributed by atoms with Gasteiger partial charge in [-0.15, -0.1) is 0 Å². The van der Waals surface area contributed by atoms with Gasteiger partial charge in [0, 0.05) is 17.1 Å². The fraction of sp³-hybridized carbons (Fsp3) is 0.0556. The maximum Gasteiger partial charge on any atom is 0.307 e. The van der Waals surface area contributed by atoms with E-state index >= 15 is 0 Å². The number of benzene rings is 2. The van der Waals surface area contributed by atoms with E-state index in [1.165, 1.54) is 30.5 Å². The first-order chi connectivity index (χ1) is 11.1. The minimum Gasteiger partial charge on any atom is -0.508 e. The second-order valence-electron chi connectivity index (χ2n) is 5.12. The van der Waals surface area contributed by atoms with Gasteiger partial charge in [0.25, 0.3) is 0 Å². The Morgan fingerprint density at radius 3 is 2.26 bits per heavy atom. The smallest absolute Gasteiger partial charge is 0.307 e. The standard InChI is InChI=1S/C18H13NO4/c20-13-7-5-11(6-8-13)18(23)17-15-4-2-1-3-14(15)12(10-19-17)9-16(21)22/h1-8,10,20H,9H2,(H,21,22). The summed E-state index contributed by atoms with van der Waals surface area (Å²) in [5.41, 5.74) is 1.24. The highest BCUT2D eigenvalue weighted by Gasteiger charge is 2.16. The molecule has 0 atom stereocenters. The zero-order chi connectivity index (χ0) is 16.4. The number of fused-ring (bicyclic) bond motifs is 1. The van der Waals surface area contributed by atoms with Gasteiger partial charge in [-0.3, -0.25) is 14.6 Å². The van der Waals surface area contributed by atoms with Crippen molar-refractivity contribution in [3.8, 4) is 5.75 Å². The lowest BCUT2D eigenvalue weighted by molar-refractivity contribution is -0.136. The van der Waals surface area contributed by atoms with Crippen LogP contribution in [0.5, 0.6) is 5.75 Å². The maximum atomic E-state index is 12.6. The number of carboxylic acids is 1. The molecular weight excluding hydrogens is 294 g/mol. The van der Waals surface area contributed by atoms with E-state index in [1.54, 1.807) is 24.3 Å². The number of ketones is 1. The Morgan fingerprint density at radius 2 is 1.61 bits per heavy atom. The number of aromatic hydroxyl groups is 1. The van der Waals surface area contributed by atoms with Crippen LogP contribution in [0.3, 0.4) is 0 Å². The van der Waals surface area contributed by atoms with Crippen LogP contribution in [0.1, 0.15) is 21.6 Å². The zero-order valence-electron chi connectivity index (χ0n) is 12.1. The first kappa shape index (κ1) is 14.7. The average molecular weight is 307 g/mol. The predicted molar refractivity (Wildman–Crippen MR) is 84.6 cm³/mol. The van der Waals surface area contributed by atoms with E-state index in [0.717, 1.165) is 0 Å². The first-order valence-electron chi connectivity index (χ1n) is 6.98. The number of phenols is 1. The van der Waals surface area contributed by atoms with Crippen LogP contribution < -0.4 is 0 Å². The Labute approximate surface area is 131 Å². The summed E-state index contributed by atoms with van der Waals surface area (Å²) in [7, 11) is 0. The predicted octanol–water partition coefficient (Wildman–Crippen LogP) is 2.80. The van der Waals surface area contributed by atoms with Crippen molar-refractivity contribution in [2.75, 3.05) is 0 Å². The number of carboxylic acid groups (broad SMARTS) is 1. The van der Waals surface area contributed by atoms with Crippen molar-refractivity contribution in [2.24, 2.45) is 0 Å². The summed E-state index contributed by atoms with van der Waals surface area (Å²) >= 11 is 0. The van der Waals surface area contributed by atoms with Gasteiger partial charge in [-0.1, -0.05) is 24.3 Å². The number of phenolic OH excluding ortho intramolecular Hbond substituents is 1. The SMILES string of the molecule is O=C(O)Cc1cnc(C(=O)c2ccc(O)cc2)c2ccccc12. The van der Waals surface area contributed by atoms with Gasteiger partial charge in [-0.2, -0.15) is 0 Å². The zero-order valence-corrected chi connectivity index (χ0v) is 12.1. The monoisotopic (exact) mass is 307 g/mol. The number of nitrogens with zero attached hydrogens (tertiary/aromatic N) is 1. The topological polar surface area (TPSA) is 87.5 Å². The van der Waals surface area contributed by atoms with E-state index in [4.69, 9.17) is 5.11 Å². The van der Waals surface area contributed by atoms with E-state index in [0.29, 0.717) is 21.9 Å². The number of aliphatic carboxylic acids is 1. The highest BCUT2D eigenvalue weighted by molar-refractivity contribution is 6.15. The minimum absolute atomic E-state index is 0.0798. The van der Waals surface area contributed by atoms with Crippen molar-refractivity contribution < 1.29 is 19.8 Å². The van der Waals surface area contributed by atoms with Crippen LogP contribution in [0.2, 0.25) is 0 Å². The van der Waals surface area contributed by atoms with Crippen LogP contribution >= 0.6 is 0 Å². The quantitative estimate of drug-likeness (QED) is 0.724. The van der Waals surface area contributed by atoms with Crippen LogP contribution in [0.15, 0.2) is 54.7 Å². The van der Waals surface area contributed by atoms with E-state index in [9.17, 15) is 14.7 Å². The summed E-state index contributed by atoms with van der Waals surface area (Å²) < 4.78 is 0. The van der Waals surface area contributed by atoms with E-state index in [2.05, 4.69) is 4.98 Å². The molecular formula is C18H13NO4. The van der Waals surface area contributed by atoms with Crippen molar-refractivity contribution in [1.29, 1.82) is 0 Å². The van der Waals surface area contributed by atoms with Gasteiger partial charge in [0.15, 0.2) is 0 Å². The van der Waals surface area contributed by atoms with Crippen LogP contribution in [0, 0.1) is 0 Å². The Morgan fingerprint density at radius 1 is 0.957 bits per heavy atom. The molecule has 3 aromatic rings. The molecule has 0 radical (unpaired) electrons. The number of carbonyl (C=O) groups is 2. The van der Waals surface area contributed by atoms with E-state index < -0.39 is 5.97 Å². The number of hydrogen-bond acceptors (Lipinski definition) is 4. The Hall–Kier alpha value is -3.21. The summed E-state index contributed by atoms with van der Waals surface area (Å²) in [6.07, 6.45) is 1.28. The molecule has 0 saturated carbocycles. The molecule has 0 aliphatic rings. The Bertz CT molecular complexity index is 901. The molecule has 1 aromatic heterocycles. The summed E-state index contributed by atoms with van der Waals surface area (Å²) in [5.74, 6) is -1.14. The van der Waals surface area contributed by atoms with Gasteiger partial charge in [0.05, 0.1) is 6.42 Å². The molecule has 0 fully saturated rings.